The third-order valence-corrected chi connectivity index (χ3v) is 4.68. The fraction of sp³-hybridized carbons (Fsp3) is 0.391. The van der Waals surface area contributed by atoms with E-state index in [0.29, 0.717) is 17.0 Å². The third-order valence-electron chi connectivity index (χ3n) is 4.68. The highest BCUT2D eigenvalue weighted by atomic mass is 19.1. The first-order chi connectivity index (χ1) is 14.1. The van der Waals surface area contributed by atoms with E-state index >= 15 is 0 Å². The molecular formula is C23H28FNO5. The van der Waals surface area contributed by atoms with E-state index in [0.717, 1.165) is 16.8 Å². The van der Waals surface area contributed by atoms with Gasteiger partial charge in [-0.25, -0.2) is 4.39 Å². The first kappa shape index (κ1) is 23.5. The minimum Gasteiger partial charge on any atom is -0.494 e. The van der Waals surface area contributed by atoms with Crippen LogP contribution in [0.5, 0.6) is 5.75 Å². The van der Waals surface area contributed by atoms with Crippen molar-refractivity contribution in [3.8, 4) is 16.9 Å². The van der Waals surface area contributed by atoms with Crippen LogP contribution in [0, 0.1) is 12.7 Å². The molecule has 0 spiro atoms. The zero-order valence-electron chi connectivity index (χ0n) is 17.6. The Balaban J connectivity index is 2.55. The van der Waals surface area contributed by atoms with Crippen LogP contribution in [0.2, 0.25) is 0 Å². The van der Waals surface area contributed by atoms with E-state index in [-0.39, 0.29) is 18.2 Å². The summed E-state index contributed by atoms with van der Waals surface area (Å²) in [6.07, 6.45) is 0.434. The Kier molecular flexibility index (Phi) is 8.08. The van der Waals surface area contributed by atoms with Gasteiger partial charge in [-0.2, -0.15) is 0 Å². The standard InChI is InChI=1S/C23H28FNO5/c1-13(2)22-19(10-9-17(26)11-18(27)12-20(28)29)21(23(30-4)14(3)25-22)15-5-7-16(24)8-6-15/h5-10,13,17-18,26-27H,11-12H2,1-4H3,(H,28,29)/b10-9+/t17-,18-/m0/s1. The van der Waals surface area contributed by atoms with Gasteiger partial charge in [0.05, 0.1) is 37.1 Å². The quantitative estimate of drug-likeness (QED) is 0.572. The Morgan fingerprint density at radius 1 is 1.23 bits per heavy atom. The molecule has 0 fully saturated rings. The van der Waals surface area contributed by atoms with E-state index in [9.17, 15) is 19.4 Å². The zero-order chi connectivity index (χ0) is 22.4. The van der Waals surface area contributed by atoms with Crippen molar-refractivity contribution in [2.45, 2.75) is 51.7 Å². The maximum Gasteiger partial charge on any atom is 0.305 e. The molecule has 1 aromatic heterocycles. The number of aliphatic hydroxyl groups excluding tert-OH is 2. The van der Waals surface area contributed by atoms with Crippen LogP contribution in [0.3, 0.4) is 0 Å². The molecule has 7 heteroatoms. The summed E-state index contributed by atoms with van der Waals surface area (Å²) in [5.41, 5.74) is 3.65. The molecule has 3 N–H and O–H groups in total. The number of aryl methyl sites for hydroxylation is 1. The van der Waals surface area contributed by atoms with Crippen LogP contribution in [0.25, 0.3) is 17.2 Å². The molecule has 0 bridgehead atoms. The number of hydrogen-bond acceptors (Lipinski definition) is 5. The van der Waals surface area contributed by atoms with Crippen LogP contribution in [-0.4, -0.2) is 45.6 Å². The Hall–Kier alpha value is -2.77. The van der Waals surface area contributed by atoms with E-state index in [1.807, 2.05) is 20.8 Å². The van der Waals surface area contributed by atoms with Gasteiger partial charge >= 0.3 is 5.97 Å². The van der Waals surface area contributed by atoms with Crippen molar-refractivity contribution in [3.63, 3.8) is 0 Å². The number of aliphatic hydroxyl groups is 2. The molecule has 162 valence electrons. The molecule has 30 heavy (non-hydrogen) atoms. The molecule has 0 saturated heterocycles. The van der Waals surface area contributed by atoms with Gasteiger partial charge in [0.25, 0.3) is 0 Å². The molecule has 1 aromatic carbocycles. The van der Waals surface area contributed by atoms with Crippen LogP contribution in [0.15, 0.2) is 30.3 Å². The molecular weight excluding hydrogens is 389 g/mol. The van der Waals surface area contributed by atoms with Gasteiger partial charge in [-0.15, -0.1) is 0 Å². The molecule has 0 saturated carbocycles. The number of nitrogens with zero attached hydrogens (tertiary/aromatic N) is 1. The normalized spacial score (nSPS) is 13.6. The number of aromatic nitrogens is 1. The minimum atomic E-state index is -1.16. The minimum absolute atomic E-state index is 0.0585. The number of carbonyl (C=O) groups is 1. The van der Waals surface area contributed by atoms with E-state index in [2.05, 4.69) is 4.98 Å². The van der Waals surface area contributed by atoms with Gasteiger partial charge in [0.15, 0.2) is 0 Å². The molecule has 0 unspecified atom stereocenters. The highest BCUT2D eigenvalue weighted by Gasteiger charge is 2.21. The van der Waals surface area contributed by atoms with Crippen LogP contribution in [0.4, 0.5) is 4.39 Å². The topological polar surface area (TPSA) is 99.9 Å². The number of pyridine rings is 1. The lowest BCUT2D eigenvalue weighted by Gasteiger charge is -2.20. The summed E-state index contributed by atoms with van der Waals surface area (Å²) in [7, 11) is 1.54. The summed E-state index contributed by atoms with van der Waals surface area (Å²) in [6, 6.07) is 6.04. The number of carboxylic acids is 1. The van der Waals surface area contributed by atoms with Gasteiger partial charge in [-0.3, -0.25) is 9.78 Å². The Morgan fingerprint density at radius 3 is 2.40 bits per heavy atom. The lowest BCUT2D eigenvalue weighted by atomic mass is 9.92. The monoisotopic (exact) mass is 417 g/mol. The second kappa shape index (κ2) is 10.3. The second-order valence-electron chi connectivity index (χ2n) is 7.48. The van der Waals surface area contributed by atoms with Crippen molar-refractivity contribution in [1.82, 2.24) is 4.98 Å². The fourth-order valence-corrected chi connectivity index (χ4v) is 3.33. The van der Waals surface area contributed by atoms with E-state index in [1.165, 1.54) is 25.3 Å². The van der Waals surface area contributed by atoms with Crippen molar-refractivity contribution in [2.24, 2.45) is 0 Å². The summed E-state index contributed by atoms with van der Waals surface area (Å²) in [4.78, 5) is 15.4. The zero-order valence-corrected chi connectivity index (χ0v) is 17.6. The molecule has 0 aliphatic rings. The molecule has 2 atom stereocenters. The molecule has 0 aliphatic heterocycles. The smallest absolute Gasteiger partial charge is 0.305 e. The number of methoxy groups -OCH3 is 1. The predicted octanol–water partition coefficient (Wildman–Crippen LogP) is 3.93. The van der Waals surface area contributed by atoms with E-state index in [4.69, 9.17) is 9.84 Å². The molecule has 0 radical (unpaired) electrons. The average molecular weight is 417 g/mol. The predicted molar refractivity (Wildman–Crippen MR) is 113 cm³/mol. The largest absolute Gasteiger partial charge is 0.494 e. The molecule has 1 heterocycles. The number of benzene rings is 1. The first-order valence-corrected chi connectivity index (χ1v) is 9.74. The van der Waals surface area contributed by atoms with E-state index in [1.54, 1.807) is 18.2 Å². The average Bonchev–Trinajstić information content (AvgIpc) is 2.66. The first-order valence-electron chi connectivity index (χ1n) is 9.74. The number of aliphatic carboxylic acids is 1. The van der Waals surface area contributed by atoms with E-state index < -0.39 is 24.6 Å². The van der Waals surface area contributed by atoms with Gasteiger partial charge in [0, 0.05) is 17.5 Å². The van der Waals surface area contributed by atoms with Gasteiger partial charge in [-0.05, 0) is 30.5 Å². The number of halogens is 1. The summed E-state index contributed by atoms with van der Waals surface area (Å²) >= 11 is 0. The molecule has 0 amide bonds. The fourth-order valence-electron chi connectivity index (χ4n) is 3.33. The number of hydrogen-bond donors (Lipinski definition) is 3. The highest BCUT2D eigenvalue weighted by molar-refractivity contribution is 5.82. The van der Waals surface area contributed by atoms with Crippen molar-refractivity contribution in [2.75, 3.05) is 7.11 Å². The Morgan fingerprint density at radius 2 is 1.87 bits per heavy atom. The van der Waals surface area contributed by atoms with Crippen molar-refractivity contribution < 1.29 is 29.2 Å². The molecule has 2 rings (SSSR count). The Bertz CT molecular complexity index is 909. The third kappa shape index (κ3) is 5.87. The van der Waals surface area contributed by atoms with Crippen LogP contribution >= 0.6 is 0 Å². The molecule has 0 aliphatic carbocycles. The lowest BCUT2D eigenvalue weighted by molar-refractivity contribution is -0.139. The van der Waals surface area contributed by atoms with Crippen LogP contribution in [-0.2, 0) is 4.79 Å². The van der Waals surface area contributed by atoms with Crippen molar-refractivity contribution in [1.29, 1.82) is 0 Å². The molecule has 6 nitrogen and oxygen atoms in total. The van der Waals surface area contributed by atoms with Gasteiger partial charge < -0.3 is 20.1 Å². The van der Waals surface area contributed by atoms with Gasteiger partial charge in [0.2, 0.25) is 0 Å². The number of rotatable bonds is 9. The van der Waals surface area contributed by atoms with Gasteiger partial charge in [0.1, 0.15) is 11.6 Å². The maximum absolute atomic E-state index is 13.5. The summed E-state index contributed by atoms with van der Waals surface area (Å²) < 4.78 is 19.1. The second-order valence-corrected chi connectivity index (χ2v) is 7.48. The molecule has 2 aromatic rings. The van der Waals surface area contributed by atoms with Gasteiger partial charge in [-0.1, -0.05) is 38.1 Å². The SMILES string of the molecule is COc1c(C)nc(C(C)C)c(/C=C/[C@H](O)C[C@H](O)CC(=O)O)c1-c1ccc(F)cc1. The highest BCUT2D eigenvalue weighted by Crippen LogP contribution is 2.39. The summed E-state index contributed by atoms with van der Waals surface area (Å²) in [6.45, 7) is 5.82. The summed E-state index contributed by atoms with van der Waals surface area (Å²) in [5, 5.41) is 28.8. The van der Waals surface area contributed by atoms with Crippen molar-refractivity contribution >= 4 is 12.0 Å². The maximum atomic E-state index is 13.5. The number of carboxylic acid groups (broad SMARTS) is 1. The lowest BCUT2D eigenvalue weighted by Crippen LogP contribution is -2.19. The van der Waals surface area contributed by atoms with Crippen LogP contribution in [0.1, 0.15) is 49.6 Å². The van der Waals surface area contributed by atoms with Crippen molar-refractivity contribution in [3.05, 3.63) is 53.1 Å². The summed E-state index contributed by atoms with van der Waals surface area (Å²) in [5.74, 6) is -0.881. The Labute approximate surface area is 175 Å². The number of ether oxygens (including phenoxy) is 1. The van der Waals surface area contributed by atoms with Crippen LogP contribution < -0.4 is 4.74 Å².